The Hall–Kier alpha value is -3.06. The summed E-state index contributed by atoms with van der Waals surface area (Å²) in [6, 6.07) is 15.7. The maximum absolute atomic E-state index is 5.24. The average molecular weight is 303 g/mol. The normalized spacial score (nSPS) is 9.96. The topological polar surface area (TPSA) is 50.8 Å². The van der Waals surface area contributed by atoms with E-state index in [2.05, 4.69) is 33.1 Å². The van der Waals surface area contributed by atoms with E-state index in [4.69, 9.17) is 4.74 Å². The van der Waals surface area contributed by atoms with Crippen LogP contribution in [0.15, 0.2) is 54.7 Å². The number of benzene rings is 1. The van der Waals surface area contributed by atoms with E-state index in [1.54, 1.807) is 13.3 Å². The van der Waals surface area contributed by atoms with Gasteiger partial charge >= 0.3 is 0 Å². The second-order valence-electron chi connectivity index (χ2n) is 5.03. The number of pyridine rings is 1. The molecule has 0 radical (unpaired) electrons. The summed E-state index contributed by atoms with van der Waals surface area (Å²) in [7, 11) is 1.66. The number of hydrogen-bond acceptors (Lipinski definition) is 3. The van der Waals surface area contributed by atoms with Crippen molar-refractivity contribution in [2.75, 3.05) is 7.11 Å². The van der Waals surface area contributed by atoms with E-state index in [0.29, 0.717) is 0 Å². The molecule has 2 aromatic heterocycles. The van der Waals surface area contributed by atoms with E-state index >= 15 is 0 Å². The summed E-state index contributed by atoms with van der Waals surface area (Å²) in [5, 5.41) is 7.42. The number of aryl methyl sites for hydroxylation is 1. The molecule has 0 bridgehead atoms. The van der Waals surface area contributed by atoms with E-state index in [0.717, 1.165) is 41.2 Å². The van der Waals surface area contributed by atoms with Crippen LogP contribution in [0.1, 0.15) is 17.8 Å². The lowest BCUT2D eigenvalue weighted by atomic mass is 10.1. The molecule has 3 rings (SSSR count). The van der Waals surface area contributed by atoms with Crippen molar-refractivity contribution < 1.29 is 4.74 Å². The van der Waals surface area contributed by atoms with Crippen LogP contribution in [0, 0.1) is 11.8 Å². The molecule has 0 unspecified atom stereocenters. The Morgan fingerprint density at radius 1 is 1.13 bits per heavy atom. The number of aromatic nitrogens is 3. The lowest BCUT2D eigenvalue weighted by molar-refractivity contribution is 0.415. The minimum Gasteiger partial charge on any atom is -0.497 e. The Balaban J connectivity index is 1.62. The van der Waals surface area contributed by atoms with Crippen LogP contribution >= 0.6 is 0 Å². The number of nitrogens with zero attached hydrogens (tertiary/aromatic N) is 2. The number of H-pyrrole nitrogens is 1. The fourth-order valence-corrected chi connectivity index (χ4v) is 2.21. The van der Waals surface area contributed by atoms with Gasteiger partial charge in [-0.1, -0.05) is 24.1 Å². The molecule has 0 saturated carbocycles. The summed E-state index contributed by atoms with van der Waals surface area (Å²) in [5.41, 5.74) is 3.82. The van der Waals surface area contributed by atoms with Crippen LogP contribution in [0.2, 0.25) is 0 Å². The largest absolute Gasteiger partial charge is 0.497 e. The minimum absolute atomic E-state index is 0.760. The number of hydrogen-bond donors (Lipinski definition) is 1. The zero-order valence-corrected chi connectivity index (χ0v) is 12.9. The number of methoxy groups -OCH3 is 1. The third-order valence-corrected chi connectivity index (χ3v) is 3.40. The summed E-state index contributed by atoms with van der Waals surface area (Å²) in [6.07, 6.45) is 3.34. The first-order valence-electron chi connectivity index (χ1n) is 7.44. The smallest absolute Gasteiger partial charge is 0.119 e. The molecule has 3 aromatic rings. The van der Waals surface area contributed by atoms with Crippen molar-refractivity contribution >= 4 is 0 Å². The van der Waals surface area contributed by atoms with Gasteiger partial charge in [-0.15, -0.1) is 0 Å². The highest BCUT2D eigenvalue weighted by atomic mass is 16.5. The Bertz CT molecular complexity index is 828. The van der Waals surface area contributed by atoms with Crippen molar-refractivity contribution in [3.05, 3.63) is 66.1 Å². The first-order chi connectivity index (χ1) is 11.3. The zero-order chi connectivity index (χ0) is 15.9. The van der Waals surface area contributed by atoms with E-state index in [1.165, 1.54) is 0 Å². The van der Waals surface area contributed by atoms with Gasteiger partial charge in [0.15, 0.2) is 0 Å². The van der Waals surface area contributed by atoms with Crippen LogP contribution in [0.5, 0.6) is 5.75 Å². The van der Waals surface area contributed by atoms with Gasteiger partial charge in [-0.25, -0.2) is 4.98 Å². The number of aromatic amines is 1. The fraction of sp³-hybridized carbons (Fsp3) is 0.158. The molecule has 4 nitrogen and oxygen atoms in total. The molecule has 1 N–H and O–H groups in total. The molecule has 0 spiro atoms. The quantitative estimate of drug-likeness (QED) is 0.751. The van der Waals surface area contributed by atoms with Gasteiger partial charge in [0, 0.05) is 30.3 Å². The Morgan fingerprint density at radius 2 is 2.09 bits per heavy atom. The van der Waals surface area contributed by atoms with Gasteiger partial charge in [0.05, 0.1) is 12.8 Å². The van der Waals surface area contributed by atoms with Crippen molar-refractivity contribution in [2.45, 2.75) is 12.8 Å². The van der Waals surface area contributed by atoms with Gasteiger partial charge in [0.1, 0.15) is 11.4 Å². The minimum atomic E-state index is 0.760. The average Bonchev–Trinajstić information content (AvgIpc) is 3.09. The lowest BCUT2D eigenvalue weighted by Gasteiger charge is -2.00. The summed E-state index contributed by atoms with van der Waals surface area (Å²) < 4.78 is 5.24. The van der Waals surface area contributed by atoms with Gasteiger partial charge in [0.25, 0.3) is 0 Å². The lowest BCUT2D eigenvalue weighted by Crippen LogP contribution is -1.84. The predicted molar refractivity (Wildman–Crippen MR) is 90.0 cm³/mol. The molecule has 0 aliphatic heterocycles. The molecular formula is C19H17N3O. The SMILES string of the molecule is COc1cccc(-c2cc(CCC#Cc3ccccn3)[nH]n2)c1. The van der Waals surface area contributed by atoms with E-state index in [1.807, 2.05) is 42.5 Å². The van der Waals surface area contributed by atoms with Crippen molar-refractivity contribution in [3.63, 3.8) is 0 Å². The van der Waals surface area contributed by atoms with Gasteiger partial charge in [-0.3, -0.25) is 5.10 Å². The number of nitrogens with one attached hydrogen (secondary N) is 1. The Morgan fingerprint density at radius 3 is 2.91 bits per heavy atom. The van der Waals surface area contributed by atoms with Gasteiger partial charge in [0.2, 0.25) is 0 Å². The third-order valence-electron chi connectivity index (χ3n) is 3.40. The summed E-state index contributed by atoms with van der Waals surface area (Å²) in [6.45, 7) is 0. The molecule has 0 saturated heterocycles. The van der Waals surface area contributed by atoms with Crippen LogP contribution in [-0.2, 0) is 6.42 Å². The molecule has 0 fully saturated rings. The van der Waals surface area contributed by atoms with E-state index < -0.39 is 0 Å². The highest BCUT2D eigenvalue weighted by Crippen LogP contribution is 2.22. The Labute approximate surface area is 135 Å². The maximum atomic E-state index is 5.24. The molecule has 4 heteroatoms. The first kappa shape index (κ1) is 14.9. The maximum Gasteiger partial charge on any atom is 0.119 e. The number of ether oxygens (including phenoxy) is 1. The van der Waals surface area contributed by atoms with Crippen LogP contribution in [-0.4, -0.2) is 22.3 Å². The van der Waals surface area contributed by atoms with Crippen LogP contribution < -0.4 is 4.74 Å². The first-order valence-corrected chi connectivity index (χ1v) is 7.44. The summed E-state index contributed by atoms with van der Waals surface area (Å²) in [5.74, 6) is 7.02. The fourth-order valence-electron chi connectivity index (χ4n) is 2.21. The van der Waals surface area contributed by atoms with Crippen molar-refractivity contribution in [2.24, 2.45) is 0 Å². The van der Waals surface area contributed by atoms with E-state index in [9.17, 15) is 0 Å². The molecule has 114 valence electrons. The van der Waals surface area contributed by atoms with Crippen molar-refractivity contribution in [3.8, 4) is 28.8 Å². The molecule has 23 heavy (non-hydrogen) atoms. The molecule has 0 amide bonds. The number of rotatable bonds is 4. The Kier molecular flexibility index (Phi) is 4.70. The van der Waals surface area contributed by atoms with Gasteiger partial charge in [-0.2, -0.15) is 5.10 Å². The van der Waals surface area contributed by atoms with Crippen molar-refractivity contribution in [1.29, 1.82) is 0 Å². The molecule has 0 atom stereocenters. The summed E-state index contributed by atoms with van der Waals surface area (Å²) >= 11 is 0. The third kappa shape index (κ3) is 3.98. The molecule has 1 aromatic carbocycles. The molecule has 0 aliphatic carbocycles. The molecule has 2 heterocycles. The monoisotopic (exact) mass is 303 g/mol. The molecular weight excluding hydrogens is 286 g/mol. The summed E-state index contributed by atoms with van der Waals surface area (Å²) in [4.78, 5) is 4.18. The van der Waals surface area contributed by atoms with E-state index in [-0.39, 0.29) is 0 Å². The van der Waals surface area contributed by atoms with Crippen LogP contribution in [0.25, 0.3) is 11.3 Å². The zero-order valence-electron chi connectivity index (χ0n) is 12.9. The van der Waals surface area contributed by atoms with Crippen molar-refractivity contribution in [1.82, 2.24) is 15.2 Å². The highest BCUT2D eigenvalue weighted by molar-refractivity contribution is 5.61. The van der Waals surface area contributed by atoms with Crippen LogP contribution in [0.4, 0.5) is 0 Å². The highest BCUT2D eigenvalue weighted by Gasteiger charge is 2.04. The second kappa shape index (κ2) is 7.28. The second-order valence-corrected chi connectivity index (χ2v) is 5.03. The van der Waals surface area contributed by atoms with Gasteiger partial charge < -0.3 is 4.74 Å². The molecule has 0 aliphatic rings. The van der Waals surface area contributed by atoms with Crippen LogP contribution in [0.3, 0.4) is 0 Å². The van der Waals surface area contributed by atoms with Gasteiger partial charge in [-0.05, 0) is 36.3 Å². The standard InChI is InChI=1S/C19H17N3O/c1-23-18-11-6-7-15(13-18)19-14-17(21-22-19)10-3-2-8-16-9-4-5-12-20-16/h4-7,9,11-14H,3,10H2,1H3,(H,21,22). The predicted octanol–water partition coefficient (Wildman–Crippen LogP) is 3.46.